The molecule has 0 bridgehead atoms. The lowest BCUT2D eigenvalue weighted by molar-refractivity contribution is -0.130. The van der Waals surface area contributed by atoms with Crippen LogP contribution < -0.4 is 10.6 Å². The molecule has 2 heterocycles. The topological polar surface area (TPSA) is 77.0 Å². The predicted octanol–water partition coefficient (Wildman–Crippen LogP) is 1.04. The highest BCUT2D eigenvalue weighted by Crippen LogP contribution is 2.20. The molecule has 0 saturated carbocycles. The van der Waals surface area contributed by atoms with E-state index < -0.39 is 0 Å². The number of hydrogen-bond acceptors (Lipinski definition) is 3. The second-order valence-electron chi connectivity index (χ2n) is 6.65. The van der Waals surface area contributed by atoms with Gasteiger partial charge in [0.1, 0.15) is 0 Å². The number of rotatable bonds is 4. The second-order valence-corrected chi connectivity index (χ2v) is 6.65. The van der Waals surface area contributed by atoms with E-state index in [1.165, 1.54) is 6.42 Å². The van der Waals surface area contributed by atoms with E-state index in [-0.39, 0.29) is 35.8 Å². The third kappa shape index (κ3) is 6.99. The smallest absolute Gasteiger partial charge is 0.241 e. The summed E-state index contributed by atoms with van der Waals surface area (Å²) in [4.78, 5) is 32.2. The summed E-state index contributed by atoms with van der Waals surface area (Å²) in [6.07, 6.45) is 6.01. The van der Waals surface area contributed by atoms with Gasteiger partial charge in [-0.15, -0.1) is 24.0 Å². The number of guanidine groups is 1. The van der Waals surface area contributed by atoms with Gasteiger partial charge in [0.25, 0.3) is 0 Å². The number of hydrogen-bond donors (Lipinski definition) is 2. The van der Waals surface area contributed by atoms with Gasteiger partial charge >= 0.3 is 0 Å². The number of nitrogens with zero attached hydrogens (tertiary/aromatic N) is 3. The maximum Gasteiger partial charge on any atom is 0.241 e. The number of likely N-dealkylation sites (tertiary alicyclic amines) is 2. The highest BCUT2D eigenvalue weighted by Gasteiger charge is 2.24. The van der Waals surface area contributed by atoms with Crippen molar-refractivity contribution in [1.29, 1.82) is 0 Å². The predicted molar refractivity (Wildman–Crippen MR) is 110 cm³/mol. The summed E-state index contributed by atoms with van der Waals surface area (Å²) in [6, 6.07) is 0. The Morgan fingerprint density at radius 3 is 2.24 bits per heavy atom. The molecule has 2 fully saturated rings. The Labute approximate surface area is 168 Å². The van der Waals surface area contributed by atoms with E-state index in [0.29, 0.717) is 18.9 Å². The number of carbonyl (C=O) groups is 2. The third-order valence-electron chi connectivity index (χ3n) is 4.99. The maximum atomic E-state index is 12.3. The molecular weight excluding hydrogens is 433 g/mol. The summed E-state index contributed by atoms with van der Waals surface area (Å²) in [7, 11) is 3.44. The average Bonchev–Trinajstić information content (AvgIpc) is 2.63. The fraction of sp³-hybridized carbons (Fsp3) is 0.824. The summed E-state index contributed by atoms with van der Waals surface area (Å²) in [5, 5.41) is 5.90. The third-order valence-corrected chi connectivity index (χ3v) is 4.99. The van der Waals surface area contributed by atoms with Crippen molar-refractivity contribution >= 4 is 41.8 Å². The number of carbonyl (C=O) groups excluding carboxylic acids is 2. The highest BCUT2D eigenvalue weighted by molar-refractivity contribution is 14.0. The van der Waals surface area contributed by atoms with E-state index in [4.69, 9.17) is 0 Å². The van der Waals surface area contributed by atoms with Crippen LogP contribution in [0.2, 0.25) is 0 Å². The molecule has 2 N–H and O–H groups in total. The van der Waals surface area contributed by atoms with Crippen molar-refractivity contribution in [2.75, 3.05) is 46.8 Å². The molecule has 2 aliphatic heterocycles. The Morgan fingerprint density at radius 2 is 1.68 bits per heavy atom. The fourth-order valence-electron chi connectivity index (χ4n) is 3.46. The van der Waals surface area contributed by atoms with Gasteiger partial charge in [0, 0.05) is 46.7 Å². The van der Waals surface area contributed by atoms with Crippen LogP contribution in [0.25, 0.3) is 0 Å². The van der Waals surface area contributed by atoms with Crippen molar-refractivity contribution in [2.45, 2.75) is 38.5 Å². The summed E-state index contributed by atoms with van der Waals surface area (Å²) in [5.74, 6) is 1.50. The van der Waals surface area contributed by atoms with Gasteiger partial charge in [-0.1, -0.05) is 0 Å². The Kier molecular flexibility index (Phi) is 10.1. The van der Waals surface area contributed by atoms with Gasteiger partial charge in [0.2, 0.25) is 11.8 Å². The number of nitrogens with one attached hydrogen (secondary N) is 2. The van der Waals surface area contributed by atoms with Crippen LogP contribution in [-0.4, -0.2) is 74.4 Å². The van der Waals surface area contributed by atoms with E-state index in [0.717, 1.165) is 57.8 Å². The van der Waals surface area contributed by atoms with Gasteiger partial charge in [-0.25, -0.2) is 0 Å². The Hall–Kier alpha value is -1.06. The average molecular weight is 465 g/mol. The monoisotopic (exact) mass is 465 g/mol. The second kappa shape index (κ2) is 11.5. The van der Waals surface area contributed by atoms with E-state index in [1.54, 1.807) is 14.1 Å². The minimum absolute atomic E-state index is 0. The molecule has 0 unspecified atom stereocenters. The molecule has 144 valence electrons. The minimum atomic E-state index is 0. The Balaban J connectivity index is 0.00000312. The quantitative estimate of drug-likeness (QED) is 0.370. The largest absolute Gasteiger partial charge is 0.359 e. The number of aliphatic imine (C=N–C) groups is 1. The zero-order valence-corrected chi connectivity index (χ0v) is 17.8. The van der Waals surface area contributed by atoms with E-state index >= 15 is 0 Å². The van der Waals surface area contributed by atoms with Crippen molar-refractivity contribution in [1.82, 2.24) is 20.4 Å². The SMILES string of the molecule is CN=C(NCC(=O)N1CCCCC1)N1CCC(CC(=O)NC)CC1.I. The normalized spacial score (nSPS) is 19.2. The molecule has 0 aromatic rings. The first-order valence-corrected chi connectivity index (χ1v) is 9.08. The van der Waals surface area contributed by atoms with Crippen LogP contribution in [0.4, 0.5) is 0 Å². The first-order valence-electron chi connectivity index (χ1n) is 9.08. The molecular formula is C17H32IN5O2. The van der Waals surface area contributed by atoms with Gasteiger partial charge in [0.05, 0.1) is 6.54 Å². The van der Waals surface area contributed by atoms with E-state index in [2.05, 4.69) is 20.5 Å². The van der Waals surface area contributed by atoms with Crippen LogP contribution >= 0.6 is 24.0 Å². The zero-order chi connectivity index (χ0) is 17.4. The summed E-state index contributed by atoms with van der Waals surface area (Å²) >= 11 is 0. The zero-order valence-electron chi connectivity index (χ0n) is 15.4. The van der Waals surface area contributed by atoms with Crippen LogP contribution in [0.1, 0.15) is 38.5 Å². The van der Waals surface area contributed by atoms with Gasteiger partial charge < -0.3 is 20.4 Å². The molecule has 0 aliphatic carbocycles. The molecule has 0 aromatic heterocycles. The summed E-state index contributed by atoms with van der Waals surface area (Å²) in [6.45, 7) is 3.82. The molecule has 0 radical (unpaired) electrons. The van der Waals surface area contributed by atoms with Crippen molar-refractivity contribution in [2.24, 2.45) is 10.9 Å². The van der Waals surface area contributed by atoms with Crippen molar-refractivity contribution in [3.63, 3.8) is 0 Å². The summed E-state index contributed by atoms with van der Waals surface area (Å²) < 4.78 is 0. The standard InChI is InChI=1S/C17H31N5O2.HI/c1-18-15(23)12-14-6-10-22(11-7-14)17(19-2)20-13-16(24)21-8-4-3-5-9-21;/h14H,3-13H2,1-2H3,(H,18,23)(H,19,20);1H. The number of piperidine rings is 2. The van der Waals surface area contributed by atoms with Crippen LogP contribution in [0.3, 0.4) is 0 Å². The number of amides is 2. The molecule has 25 heavy (non-hydrogen) atoms. The Bertz CT molecular complexity index is 458. The minimum Gasteiger partial charge on any atom is -0.359 e. The highest BCUT2D eigenvalue weighted by atomic mass is 127. The van der Waals surface area contributed by atoms with Crippen LogP contribution in [-0.2, 0) is 9.59 Å². The fourth-order valence-corrected chi connectivity index (χ4v) is 3.46. The van der Waals surface area contributed by atoms with Crippen molar-refractivity contribution < 1.29 is 9.59 Å². The first-order chi connectivity index (χ1) is 11.6. The molecule has 0 aromatic carbocycles. The van der Waals surface area contributed by atoms with Gasteiger partial charge in [-0.2, -0.15) is 0 Å². The molecule has 0 spiro atoms. The number of halogens is 1. The maximum absolute atomic E-state index is 12.3. The van der Waals surface area contributed by atoms with Gasteiger partial charge in [0.15, 0.2) is 5.96 Å². The van der Waals surface area contributed by atoms with Crippen LogP contribution in [0, 0.1) is 5.92 Å². The molecule has 8 heteroatoms. The lowest BCUT2D eigenvalue weighted by atomic mass is 9.93. The van der Waals surface area contributed by atoms with Crippen molar-refractivity contribution in [3.8, 4) is 0 Å². The lowest BCUT2D eigenvalue weighted by Gasteiger charge is -2.34. The molecule has 2 aliphatic rings. The van der Waals surface area contributed by atoms with Crippen molar-refractivity contribution in [3.05, 3.63) is 0 Å². The molecule has 7 nitrogen and oxygen atoms in total. The molecule has 2 rings (SSSR count). The van der Waals surface area contributed by atoms with E-state index in [1.807, 2.05) is 4.90 Å². The lowest BCUT2D eigenvalue weighted by Crippen LogP contribution is -2.49. The molecule has 2 saturated heterocycles. The summed E-state index contributed by atoms with van der Waals surface area (Å²) in [5.41, 5.74) is 0. The van der Waals surface area contributed by atoms with Gasteiger partial charge in [-0.3, -0.25) is 14.6 Å². The first kappa shape index (κ1) is 22.0. The Morgan fingerprint density at radius 1 is 1.04 bits per heavy atom. The van der Waals surface area contributed by atoms with Crippen LogP contribution in [0.5, 0.6) is 0 Å². The van der Waals surface area contributed by atoms with Crippen LogP contribution in [0.15, 0.2) is 4.99 Å². The van der Waals surface area contributed by atoms with Gasteiger partial charge in [-0.05, 0) is 38.0 Å². The van der Waals surface area contributed by atoms with E-state index in [9.17, 15) is 9.59 Å². The molecule has 2 amide bonds. The molecule has 0 atom stereocenters.